The molecule has 1 aliphatic heterocycles. The number of hydrogen-bond donors (Lipinski definition) is 1. The second kappa shape index (κ2) is 8.94. The lowest BCUT2D eigenvalue weighted by atomic mass is 9.74. The van der Waals surface area contributed by atoms with Crippen molar-refractivity contribution < 1.29 is 19.4 Å². The van der Waals surface area contributed by atoms with E-state index in [1.807, 2.05) is 6.92 Å². The first kappa shape index (κ1) is 25.0. The van der Waals surface area contributed by atoms with E-state index < -0.39 is 20.1 Å². The minimum atomic E-state index is -1.91. The van der Waals surface area contributed by atoms with Crippen molar-refractivity contribution >= 4 is 25.1 Å². The van der Waals surface area contributed by atoms with Crippen LogP contribution in [0.3, 0.4) is 0 Å². The smallest absolute Gasteiger partial charge is 0.339 e. The zero-order chi connectivity index (χ0) is 24.0. The van der Waals surface area contributed by atoms with Gasteiger partial charge >= 0.3 is 5.97 Å². The molecule has 1 aromatic rings. The zero-order valence-electron chi connectivity index (χ0n) is 21.2. The summed E-state index contributed by atoms with van der Waals surface area (Å²) < 4.78 is 5.15. The van der Waals surface area contributed by atoms with Crippen molar-refractivity contribution in [3.63, 3.8) is 0 Å². The average Bonchev–Trinajstić information content (AvgIpc) is 2.69. The standard InChI is InChI=1S/C26H41NO4Si/c1-9-31-25(30)23(29)22-16(2)19-14-21(28)27(18-10-12-26(4,5)13-11-18)15-20(19)17(3)24(22)32(6,7)8/h18,23,29H,9-15H2,1-8H3/t23-/m0/s1. The summed E-state index contributed by atoms with van der Waals surface area (Å²) in [4.78, 5) is 27.9. The summed E-state index contributed by atoms with van der Waals surface area (Å²) >= 11 is 0. The first-order valence-electron chi connectivity index (χ1n) is 12.1. The largest absolute Gasteiger partial charge is 0.464 e. The molecule has 2 aliphatic rings. The molecule has 3 rings (SSSR count). The van der Waals surface area contributed by atoms with Gasteiger partial charge in [0.05, 0.1) is 21.1 Å². The summed E-state index contributed by atoms with van der Waals surface area (Å²) in [6.07, 6.45) is 3.46. The fourth-order valence-electron chi connectivity index (χ4n) is 5.80. The Balaban J connectivity index is 2.08. The number of aliphatic hydroxyl groups excluding tert-OH is 1. The number of carbonyl (C=O) groups excluding carboxylic acids is 2. The number of amides is 1. The van der Waals surface area contributed by atoms with Gasteiger partial charge in [0, 0.05) is 12.6 Å². The Hall–Kier alpha value is -1.66. The van der Waals surface area contributed by atoms with Crippen molar-refractivity contribution in [1.82, 2.24) is 4.90 Å². The molecule has 1 atom stereocenters. The molecule has 32 heavy (non-hydrogen) atoms. The van der Waals surface area contributed by atoms with Gasteiger partial charge in [0.25, 0.3) is 0 Å². The SMILES string of the molecule is CCOC(=O)[C@@H](O)c1c(C)c2c(c(C)c1[Si](C)(C)C)CN(C1CCC(C)(C)CC1)C(=O)C2. The maximum Gasteiger partial charge on any atom is 0.339 e. The first-order valence-corrected chi connectivity index (χ1v) is 15.6. The Kier molecular flexibility index (Phi) is 6.97. The molecule has 1 heterocycles. The Morgan fingerprint density at radius 2 is 1.75 bits per heavy atom. The summed E-state index contributed by atoms with van der Waals surface area (Å²) in [5, 5.41) is 12.1. The number of aliphatic hydroxyl groups is 1. The van der Waals surface area contributed by atoms with Crippen molar-refractivity contribution in [2.75, 3.05) is 6.61 Å². The molecule has 0 bridgehead atoms. The van der Waals surface area contributed by atoms with Gasteiger partial charge in [0.2, 0.25) is 5.91 Å². The summed E-state index contributed by atoms with van der Waals surface area (Å²) in [6.45, 7) is 18.1. The summed E-state index contributed by atoms with van der Waals surface area (Å²) in [5.41, 5.74) is 5.31. The van der Waals surface area contributed by atoms with Crippen LogP contribution < -0.4 is 5.19 Å². The van der Waals surface area contributed by atoms with Gasteiger partial charge in [-0.05, 0) is 79.7 Å². The van der Waals surface area contributed by atoms with Crippen molar-refractivity contribution in [2.45, 2.75) is 105 Å². The molecule has 178 valence electrons. The van der Waals surface area contributed by atoms with Gasteiger partial charge in [0.1, 0.15) is 0 Å². The topological polar surface area (TPSA) is 66.8 Å². The van der Waals surface area contributed by atoms with E-state index in [-0.39, 0.29) is 12.5 Å². The normalized spacial score (nSPS) is 20.2. The number of carbonyl (C=O) groups is 2. The van der Waals surface area contributed by atoms with Gasteiger partial charge in [-0.15, -0.1) is 0 Å². The summed E-state index contributed by atoms with van der Waals surface area (Å²) in [6, 6.07) is 0.309. The third-order valence-corrected chi connectivity index (χ3v) is 9.72. The van der Waals surface area contributed by atoms with Crippen LogP contribution in [0.4, 0.5) is 0 Å². The maximum absolute atomic E-state index is 13.3. The highest BCUT2D eigenvalue weighted by atomic mass is 28.3. The third-order valence-electron chi connectivity index (χ3n) is 7.58. The number of fused-ring (bicyclic) bond motifs is 1. The Labute approximate surface area is 194 Å². The molecule has 0 saturated heterocycles. The van der Waals surface area contributed by atoms with Crippen molar-refractivity contribution in [3.8, 4) is 0 Å². The molecule has 1 N–H and O–H groups in total. The van der Waals surface area contributed by atoms with E-state index in [1.54, 1.807) is 6.92 Å². The molecule has 0 aromatic heterocycles. The quantitative estimate of drug-likeness (QED) is 0.527. The van der Waals surface area contributed by atoms with Crippen LogP contribution in [0, 0.1) is 19.3 Å². The van der Waals surface area contributed by atoms with Crippen LogP contribution >= 0.6 is 0 Å². The number of esters is 1. The maximum atomic E-state index is 13.3. The number of benzene rings is 1. The second-order valence-corrected chi connectivity index (χ2v) is 16.5. The van der Waals surface area contributed by atoms with Crippen molar-refractivity contribution in [3.05, 3.63) is 27.8 Å². The van der Waals surface area contributed by atoms with Gasteiger partial charge in [-0.1, -0.05) is 38.7 Å². The number of nitrogens with zero attached hydrogens (tertiary/aromatic N) is 1. The van der Waals surface area contributed by atoms with E-state index in [1.165, 1.54) is 5.56 Å². The van der Waals surface area contributed by atoms with Gasteiger partial charge in [-0.3, -0.25) is 4.79 Å². The van der Waals surface area contributed by atoms with E-state index in [0.29, 0.717) is 30.0 Å². The molecule has 5 nitrogen and oxygen atoms in total. The zero-order valence-corrected chi connectivity index (χ0v) is 22.2. The molecule has 1 aliphatic carbocycles. The van der Waals surface area contributed by atoms with E-state index in [4.69, 9.17) is 4.74 Å². The predicted octanol–water partition coefficient (Wildman–Crippen LogP) is 4.30. The molecule has 1 saturated carbocycles. The van der Waals surface area contributed by atoms with Gasteiger partial charge in [0.15, 0.2) is 6.10 Å². The minimum absolute atomic E-state index is 0.169. The summed E-state index contributed by atoms with van der Waals surface area (Å²) in [5.74, 6) is -0.440. The van der Waals surface area contributed by atoms with Crippen molar-refractivity contribution in [2.24, 2.45) is 5.41 Å². The number of hydrogen-bond acceptors (Lipinski definition) is 4. The van der Waals surface area contributed by atoms with Crippen LogP contribution in [0.5, 0.6) is 0 Å². The Morgan fingerprint density at radius 3 is 2.28 bits per heavy atom. The van der Waals surface area contributed by atoms with Crippen LogP contribution in [0.2, 0.25) is 19.6 Å². The van der Waals surface area contributed by atoms with Crippen LogP contribution in [-0.4, -0.2) is 42.6 Å². The van der Waals surface area contributed by atoms with E-state index >= 15 is 0 Å². The van der Waals surface area contributed by atoms with Crippen LogP contribution in [0.1, 0.15) is 80.4 Å². The Bertz CT molecular complexity index is 906. The molecule has 6 heteroatoms. The van der Waals surface area contributed by atoms with Crippen LogP contribution in [0.25, 0.3) is 0 Å². The lowest BCUT2D eigenvalue weighted by Crippen LogP contribution is -2.49. The van der Waals surface area contributed by atoms with Gasteiger partial charge in [-0.2, -0.15) is 0 Å². The molecule has 1 amide bonds. The van der Waals surface area contributed by atoms with Crippen molar-refractivity contribution in [1.29, 1.82) is 0 Å². The number of ether oxygens (including phenoxy) is 1. The molecular formula is C26H41NO4Si. The number of rotatable bonds is 5. The highest BCUT2D eigenvalue weighted by Crippen LogP contribution is 2.40. The highest BCUT2D eigenvalue weighted by molar-refractivity contribution is 6.89. The molecule has 0 unspecified atom stereocenters. The monoisotopic (exact) mass is 459 g/mol. The Morgan fingerprint density at radius 1 is 1.16 bits per heavy atom. The van der Waals surface area contributed by atoms with E-state index in [0.717, 1.165) is 47.6 Å². The average molecular weight is 460 g/mol. The molecule has 0 spiro atoms. The molecule has 0 radical (unpaired) electrons. The molecule has 1 fully saturated rings. The predicted molar refractivity (Wildman–Crippen MR) is 131 cm³/mol. The van der Waals surface area contributed by atoms with E-state index in [9.17, 15) is 14.7 Å². The lowest BCUT2D eigenvalue weighted by molar-refractivity contribution is -0.153. The third kappa shape index (κ3) is 4.67. The molecular weight excluding hydrogens is 418 g/mol. The molecule has 1 aromatic carbocycles. The first-order chi connectivity index (χ1) is 14.8. The minimum Gasteiger partial charge on any atom is -0.464 e. The van der Waals surface area contributed by atoms with Crippen LogP contribution in [0.15, 0.2) is 0 Å². The van der Waals surface area contributed by atoms with Gasteiger partial charge in [-0.25, -0.2) is 4.79 Å². The summed E-state index contributed by atoms with van der Waals surface area (Å²) in [7, 11) is -1.91. The van der Waals surface area contributed by atoms with E-state index in [2.05, 4.69) is 45.3 Å². The lowest BCUT2D eigenvalue weighted by Gasteiger charge is -2.43. The second-order valence-electron chi connectivity index (χ2n) is 11.5. The van der Waals surface area contributed by atoms with Crippen LogP contribution in [-0.2, 0) is 27.3 Å². The van der Waals surface area contributed by atoms with Gasteiger partial charge < -0.3 is 14.7 Å². The fourth-order valence-corrected chi connectivity index (χ4v) is 8.20. The fraction of sp³-hybridized carbons (Fsp3) is 0.692. The highest BCUT2D eigenvalue weighted by Gasteiger charge is 2.39.